The standard InChI is InChI=1S/C11H15ClN2O2/c1-3-5-9-8(12)6-7(11(16)14-9)10(15)13-4-2/h6H,3-5H2,1-2H3,(H,13,15)(H,14,16). The summed E-state index contributed by atoms with van der Waals surface area (Å²) in [5, 5.41) is 3.00. The van der Waals surface area contributed by atoms with Crippen molar-refractivity contribution in [3.8, 4) is 0 Å². The zero-order valence-electron chi connectivity index (χ0n) is 9.39. The van der Waals surface area contributed by atoms with Crippen molar-refractivity contribution in [2.24, 2.45) is 0 Å². The number of amides is 1. The molecule has 4 nitrogen and oxygen atoms in total. The van der Waals surface area contributed by atoms with Gasteiger partial charge in [0.15, 0.2) is 0 Å². The van der Waals surface area contributed by atoms with E-state index in [0.29, 0.717) is 23.7 Å². The topological polar surface area (TPSA) is 62.0 Å². The summed E-state index contributed by atoms with van der Waals surface area (Å²) in [7, 11) is 0. The number of aromatic amines is 1. The summed E-state index contributed by atoms with van der Waals surface area (Å²) in [6, 6.07) is 1.43. The number of H-pyrrole nitrogens is 1. The van der Waals surface area contributed by atoms with Crippen LogP contribution in [-0.2, 0) is 6.42 Å². The quantitative estimate of drug-likeness (QED) is 0.845. The monoisotopic (exact) mass is 242 g/mol. The van der Waals surface area contributed by atoms with Gasteiger partial charge in [0.25, 0.3) is 11.5 Å². The maximum atomic E-state index is 11.6. The van der Waals surface area contributed by atoms with Crippen molar-refractivity contribution in [2.45, 2.75) is 26.7 Å². The predicted molar refractivity (Wildman–Crippen MR) is 64.1 cm³/mol. The molecule has 0 radical (unpaired) electrons. The molecule has 0 fully saturated rings. The van der Waals surface area contributed by atoms with E-state index in [0.717, 1.165) is 6.42 Å². The van der Waals surface area contributed by atoms with Crippen molar-refractivity contribution in [1.29, 1.82) is 0 Å². The van der Waals surface area contributed by atoms with Crippen LogP contribution in [0.25, 0.3) is 0 Å². The Balaban J connectivity index is 3.10. The van der Waals surface area contributed by atoms with E-state index in [2.05, 4.69) is 10.3 Å². The SMILES string of the molecule is CCCc1[nH]c(=O)c(C(=O)NCC)cc1Cl. The summed E-state index contributed by atoms with van der Waals surface area (Å²) < 4.78 is 0. The molecule has 1 aromatic heterocycles. The van der Waals surface area contributed by atoms with E-state index in [-0.39, 0.29) is 11.1 Å². The molecule has 0 aliphatic rings. The third-order valence-corrected chi connectivity index (χ3v) is 2.49. The molecule has 88 valence electrons. The van der Waals surface area contributed by atoms with E-state index in [9.17, 15) is 9.59 Å². The van der Waals surface area contributed by atoms with E-state index in [1.54, 1.807) is 6.92 Å². The van der Waals surface area contributed by atoms with Gasteiger partial charge in [-0.1, -0.05) is 24.9 Å². The maximum Gasteiger partial charge on any atom is 0.261 e. The van der Waals surface area contributed by atoms with E-state index in [4.69, 9.17) is 11.6 Å². The first-order chi connectivity index (χ1) is 7.60. The zero-order valence-corrected chi connectivity index (χ0v) is 10.1. The third-order valence-electron chi connectivity index (χ3n) is 2.15. The van der Waals surface area contributed by atoms with Gasteiger partial charge in [-0.3, -0.25) is 9.59 Å². The van der Waals surface area contributed by atoms with Crippen LogP contribution < -0.4 is 10.9 Å². The normalized spacial score (nSPS) is 10.2. The molecule has 1 rings (SSSR count). The molecule has 0 saturated carbocycles. The summed E-state index contributed by atoms with van der Waals surface area (Å²) in [5.41, 5.74) is 0.354. The van der Waals surface area contributed by atoms with Gasteiger partial charge < -0.3 is 10.3 Å². The largest absolute Gasteiger partial charge is 0.352 e. The van der Waals surface area contributed by atoms with Gasteiger partial charge in [0.05, 0.1) is 5.02 Å². The van der Waals surface area contributed by atoms with E-state index in [1.807, 2.05) is 6.92 Å². The van der Waals surface area contributed by atoms with Crippen LogP contribution in [0.4, 0.5) is 0 Å². The highest BCUT2D eigenvalue weighted by molar-refractivity contribution is 6.31. The number of aromatic nitrogens is 1. The minimum Gasteiger partial charge on any atom is -0.352 e. The average Bonchev–Trinajstić information content (AvgIpc) is 2.23. The van der Waals surface area contributed by atoms with Crippen LogP contribution in [0.5, 0.6) is 0 Å². The molecule has 1 aromatic rings. The summed E-state index contributed by atoms with van der Waals surface area (Å²) in [6.45, 7) is 4.26. The van der Waals surface area contributed by atoms with Gasteiger partial charge in [-0.15, -0.1) is 0 Å². The van der Waals surface area contributed by atoms with Crippen LogP contribution in [0.15, 0.2) is 10.9 Å². The number of carbonyl (C=O) groups is 1. The van der Waals surface area contributed by atoms with Crippen LogP contribution >= 0.6 is 11.6 Å². The molecular weight excluding hydrogens is 228 g/mol. The van der Waals surface area contributed by atoms with Gasteiger partial charge in [-0.05, 0) is 19.4 Å². The van der Waals surface area contributed by atoms with Gasteiger partial charge >= 0.3 is 0 Å². The van der Waals surface area contributed by atoms with Gasteiger partial charge in [0.2, 0.25) is 0 Å². The number of rotatable bonds is 4. The predicted octanol–water partition coefficient (Wildman–Crippen LogP) is 1.73. The zero-order chi connectivity index (χ0) is 12.1. The number of aryl methyl sites for hydroxylation is 1. The first kappa shape index (κ1) is 12.8. The number of carbonyl (C=O) groups excluding carboxylic acids is 1. The molecule has 0 unspecified atom stereocenters. The Kier molecular flexibility index (Phi) is 4.55. The van der Waals surface area contributed by atoms with Crippen LogP contribution in [0, 0.1) is 0 Å². The van der Waals surface area contributed by atoms with E-state index in [1.165, 1.54) is 6.07 Å². The van der Waals surface area contributed by atoms with Crippen molar-refractivity contribution in [3.05, 3.63) is 32.7 Å². The summed E-state index contributed by atoms with van der Waals surface area (Å²) >= 11 is 5.97. The van der Waals surface area contributed by atoms with Gasteiger partial charge in [0, 0.05) is 12.2 Å². The van der Waals surface area contributed by atoms with Crippen molar-refractivity contribution in [3.63, 3.8) is 0 Å². The van der Waals surface area contributed by atoms with E-state index >= 15 is 0 Å². The van der Waals surface area contributed by atoms with Gasteiger partial charge in [-0.2, -0.15) is 0 Å². The van der Waals surface area contributed by atoms with Crippen molar-refractivity contribution >= 4 is 17.5 Å². The summed E-state index contributed by atoms with van der Waals surface area (Å²) in [4.78, 5) is 25.7. The second-order valence-corrected chi connectivity index (χ2v) is 3.86. The highest BCUT2D eigenvalue weighted by Crippen LogP contribution is 2.14. The van der Waals surface area contributed by atoms with Crippen molar-refractivity contribution in [1.82, 2.24) is 10.3 Å². The van der Waals surface area contributed by atoms with Crippen molar-refractivity contribution in [2.75, 3.05) is 6.54 Å². The molecule has 0 bridgehead atoms. The number of halogens is 1. The molecule has 1 amide bonds. The Morgan fingerprint density at radius 2 is 2.19 bits per heavy atom. The molecule has 0 spiro atoms. The second kappa shape index (κ2) is 5.70. The maximum absolute atomic E-state index is 11.6. The number of hydrogen-bond acceptors (Lipinski definition) is 2. The Hall–Kier alpha value is -1.29. The summed E-state index contributed by atoms with van der Waals surface area (Å²) in [6.07, 6.45) is 1.58. The lowest BCUT2D eigenvalue weighted by molar-refractivity contribution is 0.0954. The molecule has 2 N–H and O–H groups in total. The molecule has 0 aliphatic carbocycles. The minimum absolute atomic E-state index is 0.0618. The number of hydrogen-bond donors (Lipinski definition) is 2. The van der Waals surface area contributed by atoms with Crippen LogP contribution in [0.1, 0.15) is 36.3 Å². The lowest BCUT2D eigenvalue weighted by Crippen LogP contribution is -2.29. The third kappa shape index (κ3) is 2.85. The van der Waals surface area contributed by atoms with Gasteiger partial charge in [-0.25, -0.2) is 0 Å². The molecular formula is C11H15ClN2O2. The molecule has 0 aliphatic heterocycles. The van der Waals surface area contributed by atoms with Crippen LogP contribution in [0.3, 0.4) is 0 Å². The second-order valence-electron chi connectivity index (χ2n) is 3.45. The van der Waals surface area contributed by atoms with Gasteiger partial charge in [0.1, 0.15) is 5.56 Å². The fraction of sp³-hybridized carbons (Fsp3) is 0.455. The lowest BCUT2D eigenvalue weighted by Gasteiger charge is -2.05. The number of pyridine rings is 1. The molecule has 1 heterocycles. The lowest BCUT2D eigenvalue weighted by atomic mass is 10.2. The Morgan fingerprint density at radius 3 is 2.75 bits per heavy atom. The van der Waals surface area contributed by atoms with Crippen LogP contribution in [0.2, 0.25) is 5.02 Å². The molecule has 16 heavy (non-hydrogen) atoms. The van der Waals surface area contributed by atoms with Crippen molar-refractivity contribution < 1.29 is 4.79 Å². The first-order valence-electron chi connectivity index (χ1n) is 5.30. The highest BCUT2D eigenvalue weighted by Gasteiger charge is 2.12. The van der Waals surface area contributed by atoms with E-state index < -0.39 is 5.91 Å². The minimum atomic E-state index is -0.395. The average molecular weight is 243 g/mol. The highest BCUT2D eigenvalue weighted by atomic mass is 35.5. The smallest absolute Gasteiger partial charge is 0.261 e. The fourth-order valence-corrected chi connectivity index (χ4v) is 1.65. The molecule has 5 heteroatoms. The molecule has 0 aromatic carbocycles. The first-order valence-corrected chi connectivity index (χ1v) is 5.67. The molecule has 0 atom stereocenters. The Morgan fingerprint density at radius 1 is 1.50 bits per heavy atom. The number of nitrogens with one attached hydrogen (secondary N) is 2. The van der Waals surface area contributed by atoms with Crippen LogP contribution in [-0.4, -0.2) is 17.4 Å². The Labute approximate surface area is 99.0 Å². The summed E-state index contributed by atoms with van der Waals surface area (Å²) in [5.74, 6) is -0.395. The molecule has 0 saturated heterocycles. The fourth-order valence-electron chi connectivity index (χ4n) is 1.40. The Bertz CT molecular complexity index is 440.